The first-order chi connectivity index (χ1) is 44.3. The minimum absolute atomic E-state index is 0.0686. The van der Waals surface area contributed by atoms with Gasteiger partial charge >= 0.3 is 27.4 Å². The monoisotopic (exact) mass is 1320 g/mol. The van der Waals surface area contributed by atoms with E-state index in [1.165, 1.54) is 51.0 Å². The molecule has 2 aliphatic carbocycles. The van der Waals surface area contributed by atoms with E-state index in [1.807, 2.05) is 30.3 Å². The van der Waals surface area contributed by atoms with E-state index in [4.69, 9.17) is 58.0 Å². The number of hydrogen-bond acceptors (Lipinski definition) is 26. The number of aliphatic hydroxyl groups is 4. The number of nitrogens with two attached hydrogens (primary N) is 2. The summed E-state index contributed by atoms with van der Waals surface area (Å²) in [6.07, 6.45) is -5.53. The maximum absolute atomic E-state index is 15.4. The van der Waals surface area contributed by atoms with E-state index in [0.717, 1.165) is 23.8 Å². The van der Waals surface area contributed by atoms with Crippen LogP contribution in [0.15, 0.2) is 78.9 Å². The molecule has 30 nitrogen and oxygen atoms in total. The van der Waals surface area contributed by atoms with Crippen molar-refractivity contribution in [3.05, 3.63) is 96.1 Å². The number of rotatable bonds is 23. The molecule has 2 saturated heterocycles. The normalized spacial score (nSPS) is 26.8. The molecule has 0 spiro atoms. The average Bonchev–Trinajstić information content (AvgIpc) is 1.63. The Bertz CT molecular complexity index is 4260. The third-order valence-electron chi connectivity index (χ3n) is 17.6. The zero-order chi connectivity index (χ0) is 66.1. The molecule has 0 amide bonds. The number of hydrogen-bond donors (Lipinski definition) is 8. The predicted octanol–water partition coefficient (Wildman–Crippen LogP) is 6.43. The number of carbonyl (C=O) groups excluding carboxylic acids is 2. The number of methoxy groups -OCH3 is 2. The number of imidazole rings is 2. The largest absolute Gasteiger partial charge is 0.479 e. The minimum atomic E-state index is -4.70. The van der Waals surface area contributed by atoms with Gasteiger partial charge in [0.2, 0.25) is 23.7 Å². The fraction of sp³-hybridized carbons (Fsp3) is 0.475. The van der Waals surface area contributed by atoms with Crippen LogP contribution in [0.1, 0.15) is 102 Å². The van der Waals surface area contributed by atoms with E-state index < -0.39 is 107 Å². The van der Waals surface area contributed by atoms with Gasteiger partial charge in [0, 0.05) is 16.7 Å². The fourth-order valence-electron chi connectivity index (χ4n) is 12.5. The first-order valence-corrected chi connectivity index (χ1v) is 33.5. The van der Waals surface area contributed by atoms with Crippen LogP contribution in [-0.2, 0) is 46.7 Å². The third kappa shape index (κ3) is 12.6. The quantitative estimate of drug-likeness (QED) is 0.0252. The highest BCUT2D eigenvalue weighted by Crippen LogP contribution is 2.53. The standard InChI is InChI=1S/C61H74N12O18P2/c1-30(54(76)86-35-18-10-11-19-35)70-93(81,85-29-45-49(75)61(6,79)57(89-45)73-33(4)65-47-51(73)67-59(63)69-53(47)83-8)91-43-25-15-22-37-38(21-14-23-39(37)43)40-26-27-41(40)87-55(77)31(2)71-92(80,90-42-24-13-17-34-16-9-12-20-36(34)42)84-28-44-48(74)60(5,78)56(88-44)72-32(3)64-46-50(72)66-58(62)68-52(46)82-7/h9,12-17,20-25,30-31,35,40-41,44-45,48-49,56-57,74-75,78-79H,10-11,18-19,26-29H2,1-8H3,(H,70,81)(H,71,80)(H2,62,66,68)(H2,63,67,69). The fourth-order valence-corrected chi connectivity index (χ4v) is 15.6. The van der Waals surface area contributed by atoms with Crippen molar-refractivity contribution in [3.8, 4) is 23.3 Å². The second-order valence-electron chi connectivity index (χ2n) is 24.1. The van der Waals surface area contributed by atoms with Crippen LogP contribution < -0.4 is 40.2 Å². The second-order valence-corrected chi connectivity index (χ2v) is 27.5. The van der Waals surface area contributed by atoms with E-state index >= 15 is 9.13 Å². The highest BCUT2D eigenvalue weighted by Gasteiger charge is 2.56. The Morgan fingerprint density at radius 1 is 0.634 bits per heavy atom. The van der Waals surface area contributed by atoms with Crippen molar-refractivity contribution in [2.45, 2.75) is 158 Å². The van der Waals surface area contributed by atoms with E-state index in [9.17, 15) is 30.0 Å². The van der Waals surface area contributed by atoms with Crippen molar-refractivity contribution in [1.82, 2.24) is 49.2 Å². The lowest BCUT2D eigenvalue weighted by Gasteiger charge is -2.37. The molecular formula is C61H74N12O18P2. The Morgan fingerprint density at radius 3 is 1.61 bits per heavy atom. The molecule has 12 rings (SSSR count). The number of ether oxygens (including phenoxy) is 6. The molecule has 4 aliphatic rings. The number of nitrogens with zero attached hydrogens (tertiary/aromatic N) is 8. The van der Waals surface area contributed by atoms with Crippen molar-refractivity contribution < 1.29 is 85.7 Å². The Balaban J connectivity index is 0.768. The zero-order valence-corrected chi connectivity index (χ0v) is 53.9. The summed E-state index contributed by atoms with van der Waals surface area (Å²) in [6, 6.07) is 20.2. The molecule has 14 unspecified atom stereocenters. The van der Waals surface area contributed by atoms with Gasteiger partial charge < -0.3 is 69.4 Å². The number of nitrogens with one attached hydrogen (secondary N) is 2. The average molecular weight is 1330 g/mol. The topological polar surface area (TPSA) is 405 Å². The molecule has 14 atom stereocenters. The van der Waals surface area contributed by atoms with E-state index in [1.54, 1.807) is 62.4 Å². The number of fused-ring (bicyclic) bond motifs is 4. The summed E-state index contributed by atoms with van der Waals surface area (Å²) < 4.78 is 93.6. The van der Waals surface area contributed by atoms with Crippen molar-refractivity contribution in [1.29, 1.82) is 0 Å². The SMILES string of the molecule is COc1nc(N)nc2c1nc(C)n2C1OC(COP(=O)(NC(C)C(=O)OC2CCC2c2cccc3c(OP(=O)(NC(C)C(=O)OC4CCCC4)OCC4OC(n5c(C)nc6c(OC)nc(N)nc65)C(C)(O)C4O)cccc23)Oc2cccc3ccccc23)C(O)C1(C)O. The van der Waals surface area contributed by atoms with Gasteiger partial charge in [-0.2, -0.15) is 30.1 Å². The molecule has 496 valence electrons. The Morgan fingerprint density at radius 2 is 1.10 bits per heavy atom. The Hall–Kier alpha value is -7.70. The number of aromatic nitrogens is 8. The van der Waals surface area contributed by atoms with Crippen LogP contribution in [0.2, 0.25) is 0 Å². The summed E-state index contributed by atoms with van der Waals surface area (Å²) in [4.78, 5) is 53.8. The number of benzene rings is 4. The van der Waals surface area contributed by atoms with Crippen LogP contribution in [0, 0.1) is 13.8 Å². The van der Waals surface area contributed by atoms with Crippen LogP contribution >= 0.6 is 15.5 Å². The van der Waals surface area contributed by atoms with Gasteiger partial charge in [0.1, 0.15) is 83.1 Å². The molecule has 4 aromatic heterocycles. The highest BCUT2D eigenvalue weighted by atomic mass is 31.2. The van der Waals surface area contributed by atoms with Gasteiger partial charge in [0.25, 0.3) is 0 Å². The number of carbonyl (C=O) groups is 2. The van der Waals surface area contributed by atoms with Gasteiger partial charge in [-0.3, -0.25) is 27.8 Å². The molecule has 10 N–H and O–H groups in total. The first-order valence-electron chi connectivity index (χ1n) is 30.4. The molecule has 4 fully saturated rings. The molecule has 2 aliphatic heterocycles. The number of anilines is 2. The molecular weight excluding hydrogens is 1250 g/mol. The van der Waals surface area contributed by atoms with Crippen LogP contribution in [0.4, 0.5) is 11.9 Å². The van der Waals surface area contributed by atoms with Crippen LogP contribution in [0.5, 0.6) is 23.3 Å². The number of aliphatic hydroxyl groups excluding tert-OH is 2. The van der Waals surface area contributed by atoms with Crippen LogP contribution in [-0.4, -0.2) is 159 Å². The molecule has 2 saturated carbocycles. The lowest BCUT2D eigenvalue weighted by Crippen LogP contribution is -2.45. The minimum Gasteiger partial charge on any atom is -0.479 e. The van der Waals surface area contributed by atoms with Gasteiger partial charge in [-0.25, -0.2) is 19.1 Å². The van der Waals surface area contributed by atoms with Crippen LogP contribution in [0.3, 0.4) is 0 Å². The maximum atomic E-state index is 15.4. The van der Waals surface area contributed by atoms with E-state index in [2.05, 4.69) is 40.1 Å². The molecule has 8 aromatic rings. The summed E-state index contributed by atoms with van der Waals surface area (Å²) in [5.74, 6) is -1.19. The molecule has 4 aromatic carbocycles. The first kappa shape index (κ1) is 65.4. The number of nitrogen functional groups attached to an aromatic ring is 2. The van der Waals surface area contributed by atoms with Crippen LogP contribution in [0.25, 0.3) is 43.9 Å². The lowest BCUT2D eigenvalue weighted by atomic mass is 9.75. The summed E-state index contributed by atoms with van der Waals surface area (Å²) in [5, 5.41) is 55.1. The van der Waals surface area contributed by atoms with Gasteiger partial charge in [-0.05, 0) is 109 Å². The Kier molecular flexibility index (Phi) is 18.0. The number of aryl methyl sites for hydroxylation is 2. The van der Waals surface area contributed by atoms with Crippen molar-refractivity contribution in [2.24, 2.45) is 0 Å². The second kappa shape index (κ2) is 25.6. The third-order valence-corrected chi connectivity index (χ3v) is 20.8. The molecule has 6 heterocycles. The molecule has 0 radical (unpaired) electrons. The predicted molar refractivity (Wildman–Crippen MR) is 335 cm³/mol. The molecule has 93 heavy (non-hydrogen) atoms. The van der Waals surface area contributed by atoms with Gasteiger partial charge in [0.15, 0.2) is 34.8 Å². The number of esters is 2. The van der Waals surface area contributed by atoms with Gasteiger partial charge in [-0.1, -0.05) is 66.7 Å². The molecule has 0 bridgehead atoms. The Labute approximate surface area is 532 Å². The van der Waals surface area contributed by atoms with Crippen molar-refractivity contribution >= 4 is 83.2 Å². The summed E-state index contributed by atoms with van der Waals surface area (Å²) in [7, 11) is -6.60. The summed E-state index contributed by atoms with van der Waals surface area (Å²) in [5.41, 5.74) is 9.47. The van der Waals surface area contributed by atoms with E-state index in [0.29, 0.717) is 53.5 Å². The summed E-state index contributed by atoms with van der Waals surface area (Å²) in [6.45, 7) is 7.59. The van der Waals surface area contributed by atoms with E-state index in [-0.39, 0.29) is 69.5 Å². The highest BCUT2D eigenvalue weighted by molar-refractivity contribution is 7.52. The smallest absolute Gasteiger partial charge is 0.459 e. The lowest BCUT2D eigenvalue weighted by molar-refractivity contribution is -0.156. The summed E-state index contributed by atoms with van der Waals surface area (Å²) >= 11 is 0. The van der Waals surface area contributed by atoms with Crippen molar-refractivity contribution in [3.63, 3.8) is 0 Å². The molecule has 32 heteroatoms. The van der Waals surface area contributed by atoms with Gasteiger partial charge in [-0.15, -0.1) is 0 Å². The van der Waals surface area contributed by atoms with Gasteiger partial charge in [0.05, 0.1) is 27.4 Å². The van der Waals surface area contributed by atoms with Crippen molar-refractivity contribution in [2.75, 3.05) is 38.9 Å². The zero-order valence-electron chi connectivity index (χ0n) is 52.1. The maximum Gasteiger partial charge on any atom is 0.459 e.